The summed E-state index contributed by atoms with van der Waals surface area (Å²) in [5, 5.41) is 2.84. The van der Waals surface area contributed by atoms with Crippen LogP contribution in [-0.2, 0) is 20.7 Å². The molecule has 228 valence electrons. The molecule has 10 heteroatoms. The lowest BCUT2D eigenvalue weighted by Gasteiger charge is -2.34. The first-order valence-corrected chi connectivity index (χ1v) is 15.5. The van der Waals surface area contributed by atoms with Crippen LogP contribution in [0.2, 0.25) is 0 Å². The Morgan fingerprint density at radius 1 is 1.07 bits per heavy atom. The number of aromatic nitrogens is 2. The maximum Gasteiger partial charge on any atom is 0.408 e. The standard InChI is InChI=1S/C32H44N4O6/c1-6-21-25(18-37)36-17-27(21)41-29-23(33-22-14-13-20(40-7-2)16-24(22)34-29)12-10-8-9-11-19-15-26(19)42-31(39)35-28(30(36)38)32(3,4)5/h13-14,16,18-19,21,25-28H,6-12,15,17H2,1-5H3,(H,35,39)/t19-,21+,25-,26-,27+,28-/m1/s1. The first kappa shape index (κ1) is 30.0. The van der Waals surface area contributed by atoms with Crippen LogP contribution in [-0.4, -0.2) is 70.6 Å². The molecular weight excluding hydrogens is 536 g/mol. The first-order valence-electron chi connectivity index (χ1n) is 15.5. The summed E-state index contributed by atoms with van der Waals surface area (Å²) in [6, 6.07) is 4.12. The molecule has 10 nitrogen and oxygen atoms in total. The van der Waals surface area contributed by atoms with Crippen LogP contribution in [0.25, 0.3) is 11.0 Å². The van der Waals surface area contributed by atoms with Gasteiger partial charge < -0.3 is 29.2 Å². The minimum Gasteiger partial charge on any atom is -0.494 e. The number of carbonyl (C=O) groups is 3. The van der Waals surface area contributed by atoms with Crippen molar-refractivity contribution in [1.82, 2.24) is 20.2 Å². The molecule has 1 saturated heterocycles. The van der Waals surface area contributed by atoms with Gasteiger partial charge in [-0.3, -0.25) is 4.79 Å². The van der Waals surface area contributed by atoms with E-state index in [2.05, 4.69) is 5.32 Å². The summed E-state index contributed by atoms with van der Waals surface area (Å²) in [7, 11) is 0. The van der Waals surface area contributed by atoms with Crippen LogP contribution in [0.3, 0.4) is 0 Å². The molecule has 2 amide bonds. The van der Waals surface area contributed by atoms with E-state index in [0.717, 1.165) is 49.6 Å². The largest absolute Gasteiger partial charge is 0.494 e. The third kappa shape index (κ3) is 6.47. The van der Waals surface area contributed by atoms with Crippen LogP contribution >= 0.6 is 0 Å². The normalized spacial score (nSPS) is 28.8. The quantitative estimate of drug-likeness (QED) is 0.510. The summed E-state index contributed by atoms with van der Waals surface area (Å²) >= 11 is 0. The number of fused-ring (bicyclic) bond motifs is 5. The number of hydrogen-bond acceptors (Lipinski definition) is 8. The molecule has 2 fully saturated rings. The SMILES string of the molecule is CCOc1ccc2nc3c(nc2c1)O[C@H]1CN(C(=O)[C@H](C(C)(C)C)NC(=O)O[C@@H]2C[C@H]2CCCCC3)[C@H](C=O)[C@@H]1CC. The van der Waals surface area contributed by atoms with Gasteiger partial charge in [0.05, 0.1) is 30.2 Å². The van der Waals surface area contributed by atoms with Gasteiger partial charge in [-0.05, 0) is 62.5 Å². The number of rotatable bonds is 4. The van der Waals surface area contributed by atoms with Gasteiger partial charge in [-0.1, -0.05) is 40.5 Å². The molecule has 1 aromatic heterocycles. The van der Waals surface area contributed by atoms with Crippen LogP contribution in [0.1, 0.15) is 78.8 Å². The number of nitrogens with zero attached hydrogens (tertiary/aromatic N) is 3. The van der Waals surface area contributed by atoms with Crippen molar-refractivity contribution in [2.45, 2.75) is 104 Å². The van der Waals surface area contributed by atoms with Crippen LogP contribution < -0.4 is 14.8 Å². The van der Waals surface area contributed by atoms with Gasteiger partial charge in [0, 0.05) is 12.0 Å². The summed E-state index contributed by atoms with van der Waals surface area (Å²) in [4.78, 5) is 50.8. The van der Waals surface area contributed by atoms with Crippen molar-refractivity contribution in [3.05, 3.63) is 23.9 Å². The van der Waals surface area contributed by atoms with E-state index in [1.165, 1.54) is 0 Å². The fourth-order valence-electron chi connectivity index (χ4n) is 6.30. The van der Waals surface area contributed by atoms with Crippen LogP contribution in [0.4, 0.5) is 4.79 Å². The summed E-state index contributed by atoms with van der Waals surface area (Å²) < 4.78 is 18.0. The molecule has 0 unspecified atom stereocenters. The summed E-state index contributed by atoms with van der Waals surface area (Å²) in [5.41, 5.74) is 1.61. The Labute approximate surface area is 247 Å². The molecular formula is C32H44N4O6. The number of carbonyl (C=O) groups excluding carboxylic acids is 3. The lowest BCUT2D eigenvalue weighted by atomic mass is 9.85. The van der Waals surface area contributed by atoms with E-state index in [4.69, 9.17) is 24.2 Å². The number of nitrogens with one attached hydrogen (secondary N) is 1. The summed E-state index contributed by atoms with van der Waals surface area (Å²) in [6.45, 7) is 10.4. The predicted octanol–water partition coefficient (Wildman–Crippen LogP) is 4.86. The van der Waals surface area contributed by atoms with Crippen molar-refractivity contribution in [3.8, 4) is 11.6 Å². The predicted molar refractivity (Wildman–Crippen MR) is 157 cm³/mol. The molecule has 1 aliphatic carbocycles. The van der Waals surface area contributed by atoms with E-state index >= 15 is 0 Å². The number of benzene rings is 1. The molecule has 42 heavy (non-hydrogen) atoms. The second kappa shape index (κ2) is 12.4. The monoisotopic (exact) mass is 580 g/mol. The van der Waals surface area contributed by atoms with Gasteiger partial charge in [-0.25, -0.2) is 14.8 Å². The van der Waals surface area contributed by atoms with Crippen LogP contribution in [0, 0.1) is 17.3 Å². The number of aryl methyl sites for hydroxylation is 1. The van der Waals surface area contributed by atoms with E-state index in [1.54, 1.807) is 4.90 Å². The molecule has 6 atom stereocenters. The maximum atomic E-state index is 14.0. The first-order chi connectivity index (χ1) is 20.1. The zero-order valence-corrected chi connectivity index (χ0v) is 25.4. The van der Waals surface area contributed by atoms with Crippen molar-refractivity contribution in [2.75, 3.05) is 13.2 Å². The molecule has 5 rings (SSSR count). The van der Waals surface area contributed by atoms with Crippen molar-refractivity contribution >= 4 is 29.3 Å². The van der Waals surface area contributed by atoms with Gasteiger partial charge >= 0.3 is 6.09 Å². The van der Waals surface area contributed by atoms with Gasteiger partial charge in [0.15, 0.2) is 0 Å². The average Bonchev–Trinajstić information content (AvgIpc) is 3.57. The zero-order chi connectivity index (χ0) is 30.0. The van der Waals surface area contributed by atoms with Crippen molar-refractivity contribution in [2.24, 2.45) is 17.3 Å². The lowest BCUT2D eigenvalue weighted by Crippen LogP contribution is -2.56. The van der Waals surface area contributed by atoms with Gasteiger partial charge in [0.2, 0.25) is 11.8 Å². The number of ether oxygens (including phenoxy) is 3. The molecule has 3 aliphatic rings. The van der Waals surface area contributed by atoms with E-state index in [9.17, 15) is 14.4 Å². The maximum absolute atomic E-state index is 14.0. The van der Waals surface area contributed by atoms with E-state index < -0.39 is 29.7 Å². The molecule has 0 radical (unpaired) electrons. The Hall–Kier alpha value is -3.43. The van der Waals surface area contributed by atoms with Gasteiger partial charge in [0.25, 0.3) is 0 Å². The van der Waals surface area contributed by atoms with Gasteiger partial charge in [-0.2, -0.15) is 0 Å². The third-order valence-electron chi connectivity index (χ3n) is 8.77. The third-order valence-corrected chi connectivity index (χ3v) is 8.77. The van der Waals surface area contributed by atoms with Crippen molar-refractivity contribution in [1.29, 1.82) is 0 Å². The molecule has 3 heterocycles. The molecule has 2 bridgehead atoms. The van der Waals surface area contributed by atoms with Crippen LogP contribution in [0.15, 0.2) is 18.2 Å². The number of hydrogen-bond donors (Lipinski definition) is 1. The molecule has 1 saturated carbocycles. The van der Waals surface area contributed by atoms with Crippen molar-refractivity contribution in [3.63, 3.8) is 0 Å². The molecule has 1 N–H and O–H groups in total. The number of alkyl carbamates (subject to hydrolysis) is 1. The Morgan fingerprint density at radius 3 is 2.60 bits per heavy atom. The highest BCUT2D eigenvalue weighted by atomic mass is 16.6. The average molecular weight is 581 g/mol. The second-order valence-electron chi connectivity index (χ2n) is 12.9. The Morgan fingerprint density at radius 2 is 1.88 bits per heavy atom. The number of amides is 2. The molecule has 2 aliphatic heterocycles. The van der Waals surface area contributed by atoms with E-state index in [0.29, 0.717) is 42.5 Å². The molecule has 1 aromatic carbocycles. The Bertz CT molecular complexity index is 1310. The van der Waals surface area contributed by atoms with Crippen LogP contribution in [0.5, 0.6) is 11.6 Å². The van der Waals surface area contributed by atoms with Gasteiger partial charge in [0.1, 0.15) is 36.0 Å². The van der Waals surface area contributed by atoms with E-state index in [1.807, 2.05) is 52.8 Å². The van der Waals surface area contributed by atoms with Crippen molar-refractivity contribution < 1.29 is 28.6 Å². The Kier molecular flexibility index (Phi) is 8.89. The lowest BCUT2D eigenvalue weighted by molar-refractivity contribution is -0.139. The second-order valence-corrected chi connectivity index (χ2v) is 12.9. The highest BCUT2D eigenvalue weighted by Gasteiger charge is 2.49. The van der Waals surface area contributed by atoms with Gasteiger partial charge in [-0.15, -0.1) is 0 Å². The molecule has 2 aromatic rings. The highest BCUT2D eigenvalue weighted by molar-refractivity contribution is 5.89. The highest BCUT2D eigenvalue weighted by Crippen LogP contribution is 2.39. The fraction of sp³-hybridized carbons (Fsp3) is 0.656. The minimum atomic E-state index is -0.868. The topological polar surface area (TPSA) is 120 Å². The minimum absolute atomic E-state index is 0.115. The molecule has 0 spiro atoms. The number of aldehydes is 1. The summed E-state index contributed by atoms with van der Waals surface area (Å²) in [5.74, 6) is 0.939. The van der Waals surface area contributed by atoms with E-state index in [-0.39, 0.29) is 24.5 Å². The fourth-order valence-corrected chi connectivity index (χ4v) is 6.30. The zero-order valence-electron chi connectivity index (χ0n) is 25.4. The smallest absolute Gasteiger partial charge is 0.408 e. The Balaban J connectivity index is 1.51. The summed E-state index contributed by atoms with van der Waals surface area (Å²) in [6.07, 6.45) is 5.79.